The van der Waals surface area contributed by atoms with Gasteiger partial charge in [0.2, 0.25) is 5.82 Å². The lowest BCUT2D eigenvalue weighted by atomic mass is 10.2. The number of anilines is 1. The van der Waals surface area contributed by atoms with Gasteiger partial charge in [-0.1, -0.05) is 28.9 Å². The predicted octanol–water partition coefficient (Wildman–Crippen LogP) is 5.47. The molecule has 0 spiro atoms. The lowest BCUT2D eigenvalue weighted by molar-refractivity contribution is -0.122. The van der Waals surface area contributed by atoms with Gasteiger partial charge in [0.1, 0.15) is 11.5 Å². The van der Waals surface area contributed by atoms with Crippen LogP contribution in [0.15, 0.2) is 77.3 Å². The highest BCUT2D eigenvalue weighted by atomic mass is 35.5. The molecule has 1 N–H and O–H groups in total. The van der Waals surface area contributed by atoms with E-state index in [1.54, 1.807) is 62.6 Å². The standard InChI is InChI=1S/C24H20ClN3O4/c1-15(31-21-6-4-3-5-20(21)25)23(29)26-18-11-7-17(8-12-18)24-27-22(28-32-24)16-9-13-19(30-2)14-10-16/h3-15H,1-2H3,(H,26,29)/t15-/m1/s1. The topological polar surface area (TPSA) is 86.5 Å². The molecule has 0 aliphatic heterocycles. The number of halogens is 1. The molecule has 0 aliphatic carbocycles. The van der Waals surface area contributed by atoms with E-state index >= 15 is 0 Å². The Morgan fingerprint density at radius 3 is 2.38 bits per heavy atom. The highest BCUT2D eigenvalue weighted by Crippen LogP contribution is 2.26. The molecule has 4 rings (SSSR count). The van der Waals surface area contributed by atoms with Crippen molar-refractivity contribution in [1.29, 1.82) is 0 Å². The molecule has 0 bridgehead atoms. The van der Waals surface area contributed by atoms with Crippen LogP contribution in [0.5, 0.6) is 11.5 Å². The van der Waals surface area contributed by atoms with E-state index in [1.165, 1.54) is 0 Å². The van der Waals surface area contributed by atoms with E-state index in [9.17, 15) is 4.79 Å². The molecule has 0 unspecified atom stereocenters. The highest BCUT2D eigenvalue weighted by Gasteiger charge is 2.17. The lowest BCUT2D eigenvalue weighted by Crippen LogP contribution is -2.30. The average molecular weight is 450 g/mol. The minimum Gasteiger partial charge on any atom is -0.497 e. The van der Waals surface area contributed by atoms with Crippen LogP contribution in [0.4, 0.5) is 5.69 Å². The Balaban J connectivity index is 1.40. The molecule has 0 fully saturated rings. The molecule has 0 radical (unpaired) electrons. The Labute approximate surface area is 189 Å². The number of benzene rings is 3. The highest BCUT2D eigenvalue weighted by molar-refractivity contribution is 6.32. The van der Waals surface area contributed by atoms with Crippen molar-refractivity contribution in [3.63, 3.8) is 0 Å². The third-order valence-corrected chi connectivity index (χ3v) is 5.00. The zero-order valence-corrected chi connectivity index (χ0v) is 18.2. The molecule has 7 nitrogen and oxygen atoms in total. The molecule has 0 saturated heterocycles. The van der Waals surface area contributed by atoms with E-state index in [4.69, 9.17) is 25.6 Å². The zero-order chi connectivity index (χ0) is 22.5. The van der Waals surface area contributed by atoms with E-state index < -0.39 is 6.10 Å². The van der Waals surface area contributed by atoms with E-state index in [1.807, 2.05) is 24.3 Å². The molecule has 4 aromatic rings. The van der Waals surface area contributed by atoms with Crippen LogP contribution in [0, 0.1) is 0 Å². The van der Waals surface area contributed by atoms with Crippen molar-refractivity contribution in [2.24, 2.45) is 0 Å². The summed E-state index contributed by atoms with van der Waals surface area (Å²) in [7, 11) is 1.61. The summed E-state index contributed by atoms with van der Waals surface area (Å²) in [5.74, 6) is 1.77. The van der Waals surface area contributed by atoms with Crippen LogP contribution in [-0.4, -0.2) is 29.3 Å². The van der Waals surface area contributed by atoms with Gasteiger partial charge in [-0.25, -0.2) is 0 Å². The van der Waals surface area contributed by atoms with Crippen molar-refractivity contribution in [2.45, 2.75) is 13.0 Å². The summed E-state index contributed by atoms with van der Waals surface area (Å²) >= 11 is 6.08. The molecular weight excluding hydrogens is 430 g/mol. The smallest absolute Gasteiger partial charge is 0.265 e. The molecule has 1 amide bonds. The van der Waals surface area contributed by atoms with Gasteiger partial charge < -0.3 is 19.3 Å². The summed E-state index contributed by atoms with van der Waals surface area (Å²) < 4.78 is 16.2. The van der Waals surface area contributed by atoms with Crippen molar-refractivity contribution < 1.29 is 18.8 Å². The summed E-state index contributed by atoms with van der Waals surface area (Å²) in [6.07, 6.45) is -0.724. The second-order valence-electron chi connectivity index (χ2n) is 6.91. The molecule has 1 atom stereocenters. The van der Waals surface area contributed by atoms with Crippen LogP contribution in [0.2, 0.25) is 5.02 Å². The van der Waals surface area contributed by atoms with Crippen LogP contribution in [0.1, 0.15) is 6.92 Å². The van der Waals surface area contributed by atoms with E-state index in [0.717, 1.165) is 16.9 Å². The normalized spacial score (nSPS) is 11.6. The van der Waals surface area contributed by atoms with Crippen molar-refractivity contribution in [2.75, 3.05) is 12.4 Å². The molecule has 162 valence electrons. The molecular formula is C24H20ClN3O4. The average Bonchev–Trinajstić information content (AvgIpc) is 3.31. The van der Waals surface area contributed by atoms with Gasteiger partial charge >= 0.3 is 0 Å². The fourth-order valence-electron chi connectivity index (χ4n) is 2.92. The van der Waals surface area contributed by atoms with Crippen LogP contribution in [-0.2, 0) is 4.79 Å². The third kappa shape index (κ3) is 4.90. The van der Waals surface area contributed by atoms with Crippen LogP contribution in [0.3, 0.4) is 0 Å². The number of nitrogens with one attached hydrogen (secondary N) is 1. The minimum absolute atomic E-state index is 0.294. The maximum Gasteiger partial charge on any atom is 0.265 e. The number of aromatic nitrogens is 2. The number of hydrogen-bond acceptors (Lipinski definition) is 6. The quantitative estimate of drug-likeness (QED) is 0.402. The van der Waals surface area contributed by atoms with Gasteiger partial charge in [-0.3, -0.25) is 4.79 Å². The number of para-hydroxylation sites is 1. The van der Waals surface area contributed by atoms with Gasteiger partial charge in [0.25, 0.3) is 11.8 Å². The van der Waals surface area contributed by atoms with Crippen molar-refractivity contribution >= 4 is 23.2 Å². The van der Waals surface area contributed by atoms with Crippen molar-refractivity contribution in [3.8, 4) is 34.3 Å². The van der Waals surface area contributed by atoms with Gasteiger partial charge in [-0.15, -0.1) is 0 Å². The predicted molar refractivity (Wildman–Crippen MR) is 122 cm³/mol. The maximum absolute atomic E-state index is 12.5. The molecule has 0 saturated carbocycles. The van der Waals surface area contributed by atoms with Gasteiger partial charge in [0.15, 0.2) is 6.10 Å². The van der Waals surface area contributed by atoms with E-state index in [2.05, 4.69) is 15.5 Å². The van der Waals surface area contributed by atoms with E-state index in [-0.39, 0.29) is 5.91 Å². The second kappa shape index (κ2) is 9.53. The third-order valence-electron chi connectivity index (χ3n) is 4.68. The monoisotopic (exact) mass is 449 g/mol. The molecule has 32 heavy (non-hydrogen) atoms. The van der Waals surface area contributed by atoms with Crippen LogP contribution in [0.25, 0.3) is 22.8 Å². The first-order valence-electron chi connectivity index (χ1n) is 9.84. The largest absolute Gasteiger partial charge is 0.497 e. The number of carbonyl (C=O) groups is 1. The number of methoxy groups -OCH3 is 1. The van der Waals surface area contributed by atoms with Gasteiger partial charge in [0, 0.05) is 16.8 Å². The summed E-state index contributed by atoms with van der Waals surface area (Å²) in [6.45, 7) is 1.66. The molecule has 0 aliphatic rings. The minimum atomic E-state index is -0.724. The first kappa shape index (κ1) is 21.4. The molecule has 3 aromatic carbocycles. The number of carbonyl (C=O) groups excluding carboxylic acids is 1. The Bertz CT molecular complexity index is 1210. The molecule has 1 aromatic heterocycles. The molecule has 8 heteroatoms. The van der Waals surface area contributed by atoms with Crippen LogP contribution < -0.4 is 14.8 Å². The number of nitrogens with zero attached hydrogens (tertiary/aromatic N) is 2. The van der Waals surface area contributed by atoms with Gasteiger partial charge in [0.05, 0.1) is 12.1 Å². The first-order valence-corrected chi connectivity index (χ1v) is 10.2. The van der Waals surface area contributed by atoms with E-state index in [0.29, 0.717) is 28.2 Å². The second-order valence-corrected chi connectivity index (χ2v) is 7.32. The Morgan fingerprint density at radius 2 is 1.69 bits per heavy atom. The fraction of sp³-hybridized carbons (Fsp3) is 0.125. The number of amides is 1. The first-order chi connectivity index (χ1) is 15.5. The molecule has 1 heterocycles. The van der Waals surface area contributed by atoms with Crippen molar-refractivity contribution in [3.05, 3.63) is 77.8 Å². The zero-order valence-electron chi connectivity index (χ0n) is 17.4. The summed E-state index contributed by atoms with van der Waals surface area (Å²) in [6, 6.07) is 21.5. The number of ether oxygens (including phenoxy) is 2. The summed E-state index contributed by atoms with van der Waals surface area (Å²) in [4.78, 5) is 16.9. The van der Waals surface area contributed by atoms with Crippen molar-refractivity contribution in [1.82, 2.24) is 10.1 Å². The number of hydrogen-bond donors (Lipinski definition) is 1. The van der Waals surface area contributed by atoms with Gasteiger partial charge in [-0.2, -0.15) is 4.98 Å². The lowest BCUT2D eigenvalue weighted by Gasteiger charge is -2.15. The SMILES string of the molecule is COc1ccc(-c2noc(-c3ccc(NC(=O)[C@@H](C)Oc4ccccc4Cl)cc3)n2)cc1. The number of rotatable bonds is 7. The summed E-state index contributed by atoms with van der Waals surface area (Å²) in [5, 5.41) is 7.30. The maximum atomic E-state index is 12.5. The van der Waals surface area contributed by atoms with Gasteiger partial charge in [-0.05, 0) is 67.6 Å². The Kier molecular flexibility index (Phi) is 6.37. The Hall–Kier alpha value is -3.84. The van der Waals surface area contributed by atoms with Crippen LogP contribution >= 0.6 is 11.6 Å². The fourth-order valence-corrected chi connectivity index (χ4v) is 3.10. The Morgan fingerprint density at radius 1 is 1.00 bits per heavy atom. The summed E-state index contributed by atoms with van der Waals surface area (Å²) in [5.41, 5.74) is 2.16.